The highest BCUT2D eigenvalue weighted by molar-refractivity contribution is 5.94. The zero-order valence-corrected chi connectivity index (χ0v) is 14.9. The molecule has 1 saturated heterocycles. The van der Waals surface area contributed by atoms with Crippen molar-refractivity contribution in [3.05, 3.63) is 35.3 Å². The Kier molecular flexibility index (Phi) is 3.24. The van der Waals surface area contributed by atoms with Crippen LogP contribution in [0.2, 0.25) is 0 Å². The number of esters is 2. The highest BCUT2D eigenvalue weighted by atomic mass is 16.7. The van der Waals surface area contributed by atoms with Crippen molar-refractivity contribution in [2.24, 2.45) is 17.3 Å². The smallest absolute Gasteiger partial charge is 0.336 e. The van der Waals surface area contributed by atoms with Crippen LogP contribution in [0.5, 0.6) is 0 Å². The van der Waals surface area contributed by atoms with Gasteiger partial charge in [0.05, 0.1) is 17.9 Å². The van der Waals surface area contributed by atoms with Crippen LogP contribution in [0, 0.1) is 17.3 Å². The monoisotopic (exact) mass is 358 g/mol. The van der Waals surface area contributed by atoms with E-state index in [4.69, 9.17) is 18.6 Å². The summed E-state index contributed by atoms with van der Waals surface area (Å²) in [6.07, 6.45) is 6.42. The fourth-order valence-electron chi connectivity index (χ4n) is 5.78. The van der Waals surface area contributed by atoms with Crippen molar-refractivity contribution in [2.75, 3.05) is 7.11 Å². The van der Waals surface area contributed by atoms with E-state index in [0.717, 1.165) is 24.0 Å². The molecule has 0 radical (unpaired) electrons. The summed E-state index contributed by atoms with van der Waals surface area (Å²) in [7, 11) is 1.58. The van der Waals surface area contributed by atoms with Crippen LogP contribution < -0.4 is 0 Å². The zero-order valence-electron chi connectivity index (χ0n) is 14.9. The van der Waals surface area contributed by atoms with Crippen molar-refractivity contribution in [3.8, 4) is 0 Å². The quantitative estimate of drug-likeness (QED) is 0.755. The first-order valence-electron chi connectivity index (χ1n) is 9.27. The lowest BCUT2D eigenvalue weighted by atomic mass is 9.53. The molecule has 0 aromatic carbocycles. The van der Waals surface area contributed by atoms with Gasteiger partial charge in [0.15, 0.2) is 0 Å². The molecular formula is C20H22O6. The van der Waals surface area contributed by atoms with Gasteiger partial charge < -0.3 is 18.6 Å². The van der Waals surface area contributed by atoms with E-state index in [0.29, 0.717) is 24.8 Å². The van der Waals surface area contributed by atoms with Crippen molar-refractivity contribution >= 4 is 11.9 Å². The average Bonchev–Trinajstić information content (AvgIpc) is 3.33. The predicted octanol–water partition coefficient (Wildman–Crippen LogP) is 3.29. The SMILES string of the molecule is COC12C[C@@H](C)C3(C[C@@H](c4ccoc4)OC3=O)C3CCCC(=C31)C(=O)O2. The van der Waals surface area contributed by atoms with Crippen LogP contribution in [0.15, 0.2) is 34.2 Å². The van der Waals surface area contributed by atoms with E-state index in [-0.39, 0.29) is 29.9 Å². The lowest BCUT2D eigenvalue weighted by Crippen LogP contribution is -2.55. The summed E-state index contributed by atoms with van der Waals surface area (Å²) in [5.41, 5.74) is 1.86. The average molecular weight is 358 g/mol. The molecule has 0 N–H and O–H groups in total. The van der Waals surface area contributed by atoms with Gasteiger partial charge >= 0.3 is 11.9 Å². The normalized spacial score (nSPS) is 41.4. The maximum atomic E-state index is 13.2. The van der Waals surface area contributed by atoms with Gasteiger partial charge in [-0.2, -0.15) is 0 Å². The first-order chi connectivity index (χ1) is 12.5. The number of carbonyl (C=O) groups is 2. The Bertz CT molecular complexity index is 808. The number of fused-ring (bicyclic) bond motifs is 1. The topological polar surface area (TPSA) is 75.0 Å². The third kappa shape index (κ3) is 1.80. The molecule has 3 unspecified atom stereocenters. The molecule has 5 rings (SSSR count). The van der Waals surface area contributed by atoms with Crippen LogP contribution in [0.3, 0.4) is 0 Å². The van der Waals surface area contributed by atoms with Crippen molar-refractivity contribution in [1.82, 2.24) is 0 Å². The molecule has 1 saturated carbocycles. The van der Waals surface area contributed by atoms with Crippen LogP contribution in [0.4, 0.5) is 0 Å². The number of rotatable bonds is 2. The third-order valence-corrected chi connectivity index (χ3v) is 6.98. The summed E-state index contributed by atoms with van der Waals surface area (Å²) in [5, 5.41) is 0. The van der Waals surface area contributed by atoms with Gasteiger partial charge in [-0.1, -0.05) is 6.92 Å². The van der Waals surface area contributed by atoms with Crippen molar-refractivity contribution < 1.29 is 28.2 Å². The van der Waals surface area contributed by atoms with Crippen LogP contribution in [0.1, 0.15) is 50.7 Å². The van der Waals surface area contributed by atoms with Crippen molar-refractivity contribution in [2.45, 2.75) is 50.9 Å². The summed E-state index contributed by atoms with van der Waals surface area (Å²) in [6.45, 7) is 2.05. The zero-order chi connectivity index (χ0) is 18.1. The van der Waals surface area contributed by atoms with Gasteiger partial charge in [0.25, 0.3) is 0 Å². The molecule has 2 aliphatic heterocycles. The van der Waals surface area contributed by atoms with E-state index in [1.165, 1.54) is 0 Å². The van der Waals surface area contributed by atoms with Gasteiger partial charge in [0.2, 0.25) is 5.79 Å². The fourth-order valence-corrected chi connectivity index (χ4v) is 5.78. The second kappa shape index (κ2) is 5.22. The van der Waals surface area contributed by atoms with E-state index < -0.39 is 11.2 Å². The largest absolute Gasteiger partial charge is 0.472 e. The molecule has 4 aliphatic rings. The number of hydrogen-bond acceptors (Lipinski definition) is 6. The molecule has 1 aromatic heterocycles. The Labute approximate surface area is 151 Å². The van der Waals surface area contributed by atoms with E-state index in [1.54, 1.807) is 19.6 Å². The molecule has 6 heteroatoms. The second-order valence-corrected chi connectivity index (χ2v) is 7.98. The minimum absolute atomic E-state index is 0.0224. The van der Waals surface area contributed by atoms with Crippen LogP contribution >= 0.6 is 0 Å². The molecule has 0 amide bonds. The highest BCUT2D eigenvalue weighted by Gasteiger charge is 2.68. The maximum absolute atomic E-state index is 13.2. The molecule has 6 nitrogen and oxygen atoms in total. The van der Waals surface area contributed by atoms with Gasteiger partial charge in [0, 0.05) is 42.6 Å². The first-order valence-corrected chi connectivity index (χ1v) is 9.27. The fraction of sp³-hybridized carbons (Fsp3) is 0.600. The van der Waals surface area contributed by atoms with Crippen molar-refractivity contribution in [3.63, 3.8) is 0 Å². The van der Waals surface area contributed by atoms with E-state index in [9.17, 15) is 9.59 Å². The van der Waals surface area contributed by atoms with Gasteiger partial charge in [-0.25, -0.2) is 4.79 Å². The van der Waals surface area contributed by atoms with E-state index in [2.05, 4.69) is 6.92 Å². The second-order valence-electron chi connectivity index (χ2n) is 7.98. The van der Waals surface area contributed by atoms with E-state index >= 15 is 0 Å². The van der Waals surface area contributed by atoms with Gasteiger partial charge in [-0.3, -0.25) is 4.79 Å². The van der Waals surface area contributed by atoms with Gasteiger partial charge in [0.1, 0.15) is 6.10 Å². The molecule has 1 spiro atoms. The molecule has 138 valence electrons. The summed E-state index contributed by atoms with van der Waals surface area (Å²) in [5.74, 6) is -1.56. The maximum Gasteiger partial charge on any atom is 0.336 e. The Balaban J connectivity index is 1.63. The minimum Gasteiger partial charge on any atom is -0.472 e. The Morgan fingerprint density at radius 1 is 1.27 bits per heavy atom. The molecule has 2 fully saturated rings. The molecule has 0 bridgehead atoms. The van der Waals surface area contributed by atoms with Gasteiger partial charge in [-0.05, 0) is 31.2 Å². The lowest BCUT2D eigenvalue weighted by molar-refractivity contribution is -0.217. The first kappa shape index (κ1) is 16.1. The number of ether oxygens (including phenoxy) is 3. The summed E-state index contributed by atoms with van der Waals surface area (Å²) in [6, 6.07) is 1.84. The van der Waals surface area contributed by atoms with Gasteiger partial charge in [-0.15, -0.1) is 0 Å². The molecule has 3 heterocycles. The standard InChI is InChI=1S/C20H22O6/c1-11-8-20(23-2)16-13(17(21)26-20)4-3-5-14(16)19(11)9-15(25-18(19)22)12-6-7-24-10-12/h6-7,10-11,14-15H,3-5,8-9H2,1-2H3/t11-,14?,15+,19?,20?/m1/s1. The number of methoxy groups -OCH3 is 1. The Morgan fingerprint density at radius 2 is 2.12 bits per heavy atom. The summed E-state index contributed by atoms with van der Waals surface area (Å²) in [4.78, 5) is 25.7. The Morgan fingerprint density at radius 3 is 2.85 bits per heavy atom. The number of cyclic esters (lactones) is 1. The lowest BCUT2D eigenvalue weighted by Gasteiger charge is -2.51. The molecule has 1 aromatic rings. The molecule has 5 atom stereocenters. The minimum atomic E-state index is -1.00. The summed E-state index contributed by atoms with van der Waals surface area (Å²) < 4.78 is 22.5. The van der Waals surface area contributed by atoms with Crippen LogP contribution in [0.25, 0.3) is 0 Å². The number of hydrogen-bond donors (Lipinski definition) is 0. The van der Waals surface area contributed by atoms with Crippen molar-refractivity contribution in [1.29, 1.82) is 0 Å². The highest BCUT2D eigenvalue weighted by Crippen LogP contribution is 2.65. The summed E-state index contributed by atoms with van der Waals surface area (Å²) >= 11 is 0. The van der Waals surface area contributed by atoms with Crippen LogP contribution in [-0.2, 0) is 23.8 Å². The predicted molar refractivity (Wildman–Crippen MR) is 88.6 cm³/mol. The van der Waals surface area contributed by atoms with E-state index in [1.807, 2.05) is 6.07 Å². The Hall–Kier alpha value is -2.08. The molecular weight excluding hydrogens is 336 g/mol. The number of carbonyl (C=O) groups excluding carboxylic acids is 2. The third-order valence-electron chi connectivity index (χ3n) is 6.98. The van der Waals surface area contributed by atoms with Crippen LogP contribution in [-0.4, -0.2) is 24.8 Å². The number of furan rings is 1. The molecule has 26 heavy (non-hydrogen) atoms. The molecule has 2 aliphatic carbocycles.